The summed E-state index contributed by atoms with van der Waals surface area (Å²) >= 11 is 0. The van der Waals surface area contributed by atoms with Gasteiger partial charge in [-0.2, -0.15) is 0 Å². The van der Waals surface area contributed by atoms with Crippen LogP contribution in [0.5, 0.6) is 5.75 Å². The minimum atomic E-state index is 0.251. The second-order valence-electron chi connectivity index (χ2n) is 4.43. The average molecular weight is 225 g/mol. The lowest BCUT2D eigenvalue weighted by atomic mass is 9.90. The molecule has 1 aliphatic heterocycles. The summed E-state index contributed by atoms with van der Waals surface area (Å²) in [5.74, 6) is 0.359. The molecule has 0 radical (unpaired) electrons. The molecule has 1 atom stereocenters. The first-order chi connectivity index (χ1) is 8.34. The Morgan fingerprint density at radius 2 is 1.88 bits per heavy atom. The van der Waals surface area contributed by atoms with Crippen molar-refractivity contribution in [1.82, 2.24) is 5.32 Å². The Bertz CT molecular complexity index is 522. The van der Waals surface area contributed by atoms with Gasteiger partial charge in [-0.15, -0.1) is 0 Å². The summed E-state index contributed by atoms with van der Waals surface area (Å²) < 4.78 is 0. The smallest absolute Gasteiger partial charge is 0.115 e. The lowest BCUT2D eigenvalue weighted by molar-refractivity contribution is 0.471. The zero-order valence-corrected chi connectivity index (χ0v) is 9.56. The van der Waals surface area contributed by atoms with E-state index in [0.717, 1.165) is 13.0 Å². The van der Waals surface area contributed by atoms with Crippen LogP contribution in [0.15, 0.2) is 48.5 Å². The number of hydrogen-bond acceptors (Lipinski definition) is 2. The van der Waals surface area contributed by atoms with Gasteiger partial charge in [0.05, 0.1) is 6.04 Å². The average Bonchev–Trinajstić information content (AvgIpc) is 2.39. The maximum atomic E-state index is 9.52. The molecule has 0 spiro atoms. The molecule has 2 aromatic rings. The molecular formula is C15H15NO. The first kappa shape index (κ1) is 10.4. The molecule has 0 saturated heterocycles. The molecule has 0 unspecified atom stereocenters. The highest BCUT2D eigenvalue weighted by atomic mass is 16.3. The molecule has 2 heteroatoms. The van der Waals surface area contributed by atoms with E-state index in [4.69, 9.17) is 0 Å². The van der Waals surface area contributed by atoms with Gasteiger partial charge in [-0.05, 0) is 35.2 Å². The molecule has 0 saturated carbocycles. The van der Waals surface area contributed by atoms with E-state index in [0.29, 0.717) is 5.75 Å². The molecule has 1 heterocycles. The first-order valence-electron chi connectivity index (χ1n) is 5.95. The van der Waals surface area contributed by atoms with Crippen LogP contribution in [0.3, 0.4) is 0 Å². The van der Waals surface area contributed by atoms with Crippen molar-refractivity contribution in [2.45, 2.75) is 12.5 Å². The summed E-state index contributed by atoms with van der Waals surface area (Å²) in [6, 6.07) is 16.4. The highest BCUT2D eigenvalue weighted by Crippen LogP contribution is 2.30. The van der Waals surface area contributed by atoms with Crippen molar-refractivity contribution in [1.29, 1.82) is 0 Å². The van der Waals surface area contributed by atoms with E-state index in [9.17, 15) is 5.11 Å². The molecule has 0 bridgehead atoms. The van der Waals surface area contributed by atoms with Crippen molar-refractivity contribution in [2.24, 2.45) is 0 Å². The van der Waals surface area contributed by atoms with Gasteiger partial charge in [-0.3, -0.25) is 0 Å². The van der Waals surface area contributed by atoms with Crippen LogP contribution in [0.2, 0.25) is 0 Å². The lowest BCUT2D eigenvalue weighted by Crippen LogP contribution is -2.30. The number of fused-ring (bicyclic) bond motifs is 1. The molecule has 2 aromatic carbocycles. The molecule has 2 nitrogen and oxygen atoms in total. The van der Waals surface area contributed by atoms with Gasteiger partial charge in [0.15, 0.2) is 0 Å². The Kier molecular flexibility index (Phi) is 2.57. The van der Waals surface area contributed by atoms with Crippen molar-refractivity contribution in [3.63, 3.8) is 0 Å². The van der Waals surface area contributed by atoms with E-state index in [1.54, 1.807) is 6.07 Å². The van der Waals surface area contributed by atoms with E-state index < -0.39 is 0 Å². The largest absolute Gasteiger partial charge is 0.508 e. The van der Waals surface area contributed by atoms with E-state index >= 15 is 0 Å². The van der Waals surface area contributed by atoms with Crippen molar-refractivity contribution in [3.8, 4) is 5.75 Å². The third kappa shape index (κ3) is 1.92. The van der Waals surface area contributed by atoms with Crippen molar-refractivity contribution in [2.75, 3.05) is 6.54 Å². The molecule has 1 aliphatic rings. The summed E-state index contributed by atoms with van der Waals surface area (Å²) in [5, 5.41) is 13.1. The fourth-order valence-electron chi connectivity index (χ4n) is 2.49. The fourth-order valence-corrected chi connectivity index (χ4v) is 2.49. The third-order valence-corrected chi connectivity index (χ3v) is 3.31. The summed E-state index contributed by atoms with van der Waals surface area (Å²) in [5.41, 5.74) is 3.80. The normalized spacial score (nSPS) is 18.7. The number of phenols is 1. The minimum Gasteiger partial charge on any atom is -0.508 e. The van der Waals surface area contributed by atoms with Gasteiger partial charge in [-0.25, -0.2) is 0 Å². The number of hydrogen-bond donors (Lipinski definition) is 2. The van der Waals surface area contributed by atoms with Gasteiger partial charge in [0.1, 0.15) is 5.75 Å². The number of nitrogens with one attached hydrogen (secondary N) is 1. The van der Waals surface area contributed by atoms with Crippen LogP contribution in [-0.2, 0) is 6.42 Å². The zero-order valence-electron chi connectivity index (χ0n) is 9.56. The van der Waals surface area contributed by atoms with Crippen LogP contribution in [0, 0.1) is 0 Å². The van der Waals surface area contributed by atoms with E-state index in [1.807, 2.05) is 18.2 Å². The highest BCUT2D eigenvalue weighted by molar-refractivity contribution is 5.43. The standard InChI is InChI=1S/C15H15NO/c17-13-6-7-14-12(10-13)8-9-16-15(14)11-4-2-1-3-5-11/h1-7,10,15-17H,8-9H2/t15-/m1/s1. The van der Waals surface area contributed by atoms with Crippen molar-refractivity contribution in [3.05, 3.63) is 65.2 Å². The summed E-state index contributed by atoms with van der Waals surface area (Å²) in [6.07, 6.45) is 0.979. The number of benzene rings is 2. The molecule has 0 amide bonds. The van der Waals surface area contributed by atoms with E-state index in [-0.39, 0.29) is 6.04 Å². The van der Waals surface area contributed by atoms with Gasteiger partial charge < -0.3 is 10.4 Å². The number of phenolic OH excluding ortho intramolecular Hbond substituents is 1. The third-order valence-electron chi connectivity index (χ3n) is 3.31. The quantitative estimate of drug-likeness (QED) is 0.782. The van der Waals surface area contributed by atoms with Gasteiger partial charge in [-0.1, -0.05) is 36.4 Å². The SMILES string of the molecule is Oc1ccc2c(c1)CCN[C@@H]2c1ccccc1. The van der Waals surface area contributed by atoms with Crippen LogP contribution >= 0.6 is 0 Å². The topological polar surface area (TPSA) is 32.3 Å². The van der Waals surface area contributed by atoms with Crippen LogP contribution in [-0.4, -0.2) is 11.7 Å². The summed E-state index contributed by atoms with van der Waals surface area (Å²) in [6.45, 7) is 0.954. The van der Waals surface area contributed by atoms with Gasteiger partial charge in [0.2, 0.25) is 0 Å². The van der Waals surface area contributed by atoms with Crippen LogP contribution < -0.4 is 5.32 Å². The van der Waals surface area contributed by atoms with Crippen LogP contribution in [0.1, 0.15) is 22.7 Å². The Labute approximate surface area is 101 Å². The summed E-state index contributed by atoms with van der Waals surface area (Å²) in [7, 11) is 0. The summed E-state index contributed by atoms with van der Waals surface area (Å²) in [4.78, 5) is 0. The minimum absolute atomic E-state index is 0.251. The zero-order chi connectivity index (χ0) is 11.7. The van der Waals surface area contributed by atoms with Crippen molar-refractivity contribution >= 4 is 0 Å². The molecule has 0 aliphatic carbocycles. The van der Waals surface area contributed by atoms with Gasteiger partial charge in [0.25, 0.3) is 0 Å². The highest BCUT2D eigenvalue weighted by Gasteiger charge is 2.20. The Morgan fingerprint density at radius 3 is 2.71 bits per heavy atom. The lowest BCUT2D eigenvalue weighted by Gasteiger charge is -2.27. The molecule has 0 fully saturated rings. The molecule has 0 aromatic heterocycles. The molecular weight excluding hydrogens is 210 g/mol. The first-order valence-corrected chi connectivity index (χ1v) is 5.95. The second-order valence-corrected chi connectivity index (χ2v) is 4.43. The predicted molar refractivity (Wildman–Crippen MR) is 68.1 cm³/mol. The maximum absolute atomic E-state index is 9.52. The van der Waals surface area contributed by atoms with E-state index in [1.165, 1.54) is 16.7 Å². The van der Waals surface area contributed by atoms with Crippen LogP contribution in [0.4, 0.5) is 0 Å². The van der Waals surface area contributed by atoms with Gasteiger partial charge in [0, 0.05) is 6.54 Å². The fraction of sp³-hybridized carbons (Fsp3) is 0.200. The van der Waals surface area contributed by atoms with Gasteiger partial charge >= 0.3 is 0 Å². The molecule has 3 rings (SSSR count). The Hall–Kier alpha value is -1.80. The Morgan fingerprint density at radius 1 is 1.06 bits per heavy atom. The number of rotatable bonds is 1. The van der Waals surface area contributed by atoms with Crippen LogP contribution in [0.25, 0.3) is 0 Å². The monoisotopic (exact) mass is 225 g/mol. The van der Waals surface area contributed by atoms with E-state index in [2.05, 4.69) is 29.6 Å². The van der Waals surface area contributed by atoms with Crippen molar-refractivity contribution < 1.29 is 5.11 Å². The molecule has 86 valence electrons. The second kappa shape index (κ2) is 4.22. The maximum Gasteiger partial charge on any atom is 0.115 e. The number of aromatic hydroxyl groups is 1. The molecule has 17 heavy (non-hydrogen) atoms. The predicted octanol–water partition coefficient (Wildman–Crippen LogP) is 2.63. The molecule has 2 N–H and O–H groups in total. The Balaban J connectivity index is 2.06.